The van der Waals surface area contributed by atoms with Gasteiger partial charge in [-0.2, -0.15) is 0 Å². The Balaban J connectivity index is 2.21. The number of carbonyl (C=O) groups is 1. The minimum atomic E-state index is -3.12. The van der Waals surface area contributed by atoms with Crippen molar-refractivity contribution in [2.75, 3.05) is 11.5 Å². The van der Waals surface area contributed by atoms with Crippen molar-refractivity contribution in [3.8, 4) is 0 Å². The average molecular weight is 350 g/mol. The summed E-state index contributed by atoms with van der Waals surface area (Å²) in [7, 11) is -3.12. The SMILES string of the molecule is CC1(NC(=O)c2cccc(Br)c2F)CCS(=O)(=O)C1. The molecule has 19 heavy (non-hydrogen) atoms. The monoisotopic (exact) mass is 349 g/mol. The van der Waals surface area contributed by atoms with E-state index in [1.54, 1.807) is 13.0 Å². The van der Waals surface area contributed by atoms with Crippen LogP contribution in [0.4, 0.5) is 4.39 Å². The minimum Gasteiger partial charge on any atom is -0.346 e. The van der Waals surface area contributed by atoms with Crippen molar-refractivity contribution in [2.24, 2.45) is 0 Å². The van der Waals surface area contributed by atoms with Gasteiger partial charge in [0.15, 0.2) is 9.84 Å². The summed E-state index contributed by atoms with van der Waals surface area (Å²) in [5, 5.41) is 2.62. The number of sulfone groups is 1. The Hall–Kier alpha value is -0.950. The quantitative estimate of drug-likeness (QED) is 0.886. The predicted octanol–water partition coefficient (Wildman–Crippen LogP) is 1.90. The van der Waals surface area contributed by atoms with Crippen LogP contribution in [0.15, 0.2) is 22.7 Å². The largest absolute Gasteiger partial charge is 0.346 e. The smallest absolute Gasteiger partial charge is 0.254 e. The summed E-state index contributed by atoms with van der Waals surface area (Å²) in [5.41, 5.74) is -0.926. The Morgan fingerprint density at radius 1 is 1.47 bits per heavy atom. The maximum Gasteiger partial charge on any atom is 0.254 e. The van der Waals surface area contributed by atoms with Crippen LogP contribution in [-0.2, 0) is 9.84 Å². The molecule has 7 heteroatoms. The van der Waals surface area contributed by atoms with Gasteiger partial charge in [-0.15, -0.1) is 0 Å². The maximum atomic E-state index is 13.8. The molecule has 104 valence electrons. The van der Waals surface area contributed by atoms with Gasteiger partial charge in [0.2, 0.25) is 0 Å². The van der Waals surface area contributed by atoms with Crippen LogP contribution in [0.5, 0.6) is 0 Å². The third-order valence-corrected chi connectivity index (χ3v) is 5.63. The summed E-state index contributed by atoms with van der Waals surface area (Å²) in [6.45, 7) is 1.66. The van der Waals surface area contributed by atoms with Crippen LogP contribution in [0.2, 0.25) is 0 Å². The molecule has 0 aliphatic carbocycles. The van der Waals surface area contributed by atoms with Crippen LogP contribution in [0.25, 0.3) is 0 Å². The highest BCUT2D eigenvalue weighted by Crippen LogP contribution is 2.24. The normalized spacial score (nSPS) is 25.2. The third kappa shape index (κ3) is 3.14. The summed E-state index contributed by atoms with van der Waals surface area (Å²) in [6, 6.07) is 4.41. The number of nitrogens with one attached hydrogen (secondary N) is 1. The van der Waals surface area contributed by atoms with E-state index in [9.17, 15) is 17.6 Å². The van der Waals surface area contributed by atoms with Crippen molar-refractivity contribution in [1.82, 2.24) is 5.32 Å². The first-order valence-electron chi connectivity index (χ1n) is 5.69. The molecule has 0 bridgehead atoms. The highest BCUT2D eigenvalue weighted by molar-refractivity contribution is 9.10. The summed E-state index contributed by atoms with van der Waals surface area (Å²) in [5.74, 6) is -1.31. The fourth-order valence-electron chi connectivity index (χ4n) is 2.13. The molecule has 2 rings (SSSR count). The number of hydrogen-bond acceptors (Lipinski definition) is 3. The number of benzene rings is 1. The summed E-state index contributed by atoms with van der Waals surface area (Å²) >= 11 is 3.01. The first kappa shape index (κ1) is 14.5. The molecule has 0 saturated carbocycles. The van der Waals surface area contributed by atoms with E-state index in [-0.39, 0.29) is 21.5 Å². The fourth-order valence-corrected chi connectivity index (χ4v) is 4.59. The van der Waals surface area contributed by atoms with Crippen molar-refractivity contribution in [1.29, 1.82) is 0 Å². The van der Waals surface area contributed by atoms with Crippen molar-refractivity contribution in [3.63, 3.8) is 0 Å². The highest BCUT2D eigenvalue weighted by Gasteiger charge is 2.39. The molecule has 1 unspecified atom stereocenters. The highest BCUT2D eigenvalue weighted by atomic mass is 79.9. The second-order valence-corrected chi connectivity index (χ2v) is 8.00. The lowest BCUT2D eigenvalue weighted by atomic mass is 10.0. The Morgan fingerprint density at radius 2 is 2.16 bits per heavy atom. The molecule has 0 radical (unpaired) electrons. The van der Waals surface area contributed by atoms with Gasteiger partial charge in [-0.05, 0) is 41.4 Å². The van der Waals surface area contributed by atoms with E-state index in [1.165, 1.54) is 12.1 Å². The zero-order valence-electron chi connectivity index (χ0n) is 10.2. The summed E-state index contributed by atoms with van der Waals surface area (Å²) in [4.78, 5) is 12.0. The molecule has 1 aliphatic rings. The molecule has 1 aromatic carbocycles. The fraction of sp³-hybridized carbons (Fsp3) is 0.417. The molecule has 1 heterocycles. The molecule has 1 amide bonds. The number of halogens is 2. The first-order valence-corrected chi connectivity index (χ1v) is 8.31. The van der Waals surface area contributed by atoms with Gasteiger partial charge in [0.05, 0.1) is 27.1 Å². The Kier molecular flexibility index (Phi) is 3.70. The Bertz CT molecular complexity index is 632. The van der Waals surface area contributed by atoms with Gasteiger partial charge in [0, 0.05) is 0 Å². The molecule has 1 aliphatic heterocycles. The molecule has 1 fully saturated rings. The molecule has 1 atom stereocenters. The molecule has 4 nitrogen and oxygen atoms in total. The molecule has 1 aromatic rings. The topological polar surface area (TPSA) is 63.2 Å². The van der Waals surface area contributed by atoms with E-state index in [0.29, 0.717) is 6.42 Å². The van der Waals surface area contributed by atoms with Crippen LogP contribution in [0.1, 0.15) is 23.7 Å². The molecule has 1 N–H and O–H groups in total. The van der Waals surface area contributed by atoms with Crippen LogP contribution in [0.3, 0.4) is 0 Å². The van der Waals surface area contributed by atoms with E-state index in [2.05, 4.69) is 21.2 Å². The van der Waals surface area contributed by atoms with Crippen LogP contribution < -0.4 is 5.32 Å². The second-order valence-electron chi connectivity index (χ2n) is 4.96. The number of hydrogen-bond donors (Lipinski definition) is 1. The van der Waals surface area contributed by atoms with E-state index < -0.39 is 27.1 Å². The predicted molar refractivity (Wildman–Crippen MR) is 73.2 cm³/mol. The van der Waals surface area contributed by atoms with Crippen LogP contribution in [-0.4, -0.2) is 31.4 Å². The van der Waals surface area contributed by atoms with Crippen molar-refractivity contribution < 1.29 is 17.6 Å². The molecular formula is C12H13BrFNO3S. The Labute approximate surface area is 119 Å². The van der Waals surface area contributed by atoms with E-state index in [0.717, 1.165) is 0 Å². The zero-order chi connectivity index (χ0) is 14.3. The van der Waals surface area contributed by atoms with Gasteiger partial charge in [0.25, 0.3) is 5.91 Å². The first-order chi connectivity index (χ1) is 8.72. The van der Waals surface area contributed by atoms with Gasteiger partial charge < -0.3 is 5.32 Å². The van der Waals surface area contributed by atoms with Crippen LogP contribution in [0, 0.1) is 5.82 Å². The number of amides is 1. The van der Waals surface area contributed by atoms with Gasteiger partial charge >= 0.3 is 0 Å². The lowest BCUT2D eigenvalue weighted by Crippen LogP contribution is -2.47. The number of carbonyl (C=O) groups excluding carboxylic acids is 1. The maximum absolute atomic E-state index is 13.8. The van der Waals surface area contributed by atoms with Crippen molar-refractivity contribution >= 4 is 31.7 Å². The van der Waals surface area contributed by atoms with Gasteiger partial charge in [-0.25, -0.2) is 12.8 Å². The standard InChI is InChI=1S/C12H13BrFNO3S/c1-12(5-6-19(17,18)7-12)15-11(16)8-3-2-4-9(13)10(8)14/h2-4H,5-7H2,1H3,(H,15,16). The van der Waals surface area contributed by atoms with E-state index >= 15 is 0 Å². The summed E-state index contributed by atoms with van der Waals surface area (Å²) in [6.07, 6.45) is 0.344. The minimum absolute atomic E-state index is 0.0464. The van der Waals surface area contributed by atoms with E-state index in [1.807, 2.05) is 0 Å². The summed E-state index contributed by atoms with van der Waals surface area (Å²) < 4.78 is 36.9. The van der Waals surface area contributed by atoms with Crippen molar-refractivity contribution in [3.05, 3.63) is 34.1 Å². The lowest BCUT2D eigenvalue weighted by Gasteiger charge is -2.24. The molecular weight excluding hydrogens is 337 g/mol. The third-order valence-electron chi connectivity index (χ3n) is 3.11. The van der Waals surface area contributed by atoms with Gasteiger partial charge in [-0.3, -0.25) is 4.79 Å². The molecule has 0 aromatic heterocycles. The second kappa shape index (κ2) is 4.86. The van der Waals surface area contributed by atoms with E-state index in [4.69, 9.17) is 0 Å². The zero-order valence-corrected chi connectivity index (χ0v) is 12.6. The van der Waals surface area contributed by atoms with Crippen molar-refractivity contribution in [2.45, 2.75) is 18.9 Å². The molecule has 0 spiro atoms. The lowest BCUT2D eigenvalue weighted by molar-refractivity contribution is 0.0911. The van der Waals surface area contributed by atoms with Crippen LogP contribution >= 0.6 is 15.9 Å². The van der Waals surface area contributed by atoms with Gasteiger partial charge in [0.1, 0.15) is 5.82 Å². The average Bonchev–Trinajstić information content (AvgIpc) is 2.56. The Morgan fingerprint density at radius 3 is 2.74 bits per heavy atom. The molecule has 1 saturated heterocycles. The van der Waals surface area contributed by atoms with Gasteiger partial charge in [-0.1, -0.05) is 6.07 Å². The number of rotatable bonds is 2.